The number of hydrogen-bond donors (Lipinski definition) is 2. The van der Waals surface area contributed by atoms with Crippen molar-refractivity contribution in [2.45, 2.75) is 12.5 Å². The second-order valence-electron chi connectivity index (χ2n) is 6.73. The van der Waals surface area contributed by atoms with E-state index in [-0.39, 0.29) is 30.0 Å². The van der Waals surface area contributed by atoms with Crippen molar-refractivity contribution in [3.05, 3.63) is 66.0 Å². The number of nitrogens with zero attached hydrogens (tertiary/aromatic N) is 3. The molecule has 2 aromatic carbocycles. The maximum atomic E-state index is 12.4. The normalized spacial score (nSPS) is 16.2. The van der Waals surface area contributed by atoms with Crippen molar-refractivity contribution in [2.24, 2.45) is 0 Å². The van der Waals surface area contributed by atoms with Gasteiger partial charge in [0.15, 0.2) is 5.69 Å². The first-order valence-corrected chi connectivity index (χ1v) is 9.39. The van der Waals surface area contributed by atoms with Crippen LogP contribution in [-0.4, -0.2) is 47.0 Å². The molecule has 0 radical (unpaired) electrons. The summed E-state index contributed by atoms with van der Waals surface area (Å²) in [6.45, 7) is 2.21. The molecule has 0 spiro atoms. The Morgan fingerprint density at radius 1 is 1.16 bits per heavy atom. The second-order valence-corrected chi connectivity index (χ2v) is 6.73. The van der Waals surface area contributed by atoms with E-state index >= 15 is 0 Å². The third-order valence-electron chi connectivity index (χ3n) is 4.53. The Kier molecular flexibility index (Phi) is 7.33. The minimum atomic E-state index is -4.77. The van der Waals surface area contributed by atoms with E-state index in [9.17, 15) is 18.0 Å². The standard InChI is InChI=1S/C20H18F3N5O3.ClH/c21-20(22,23)31-16-7-5-15(6-8-16)28-12-17(26-27-28)19(29)25-14-3-1-13(2-4-14)18-11-24-9-10-30-18;/h1-8,12,18,24H,9-11H2,(H,25,29);1H. The molecular formula is C20H19ClF3N5O3. The number of benzene rings is 2. The molecule has 1 unspecified atom stereocenters. The van der Waals surface area contributed by atoms with Crippen molar-refractivity contribution in [1.29, 1.82) is 0 Å². The molecule has 8 nitrogen and oxygen atoms in total. The molecule has 1 aliphatic heterocycles. The minimum Gasteiger partial charge on any atom is -0.406 e. The van der Waals surface area contributed by atoms with Crippen LogP contribution in [0, 0.1) is 0 Å². The van der Waals surface area contributed by atoms with Crippen molar-refractivity contribution < 1.29 is 27.4 Å². The van der Waals surface area contributed by atoms with E-state index in [4.69, 9.17) is 4.74 Å². The highest BCUT2D eigenvalue weighted by Gasteiger charge is 2.31. The molecule has 2 heterocycles. The number of nitrogens with one attached hydrogen (secondary N) is 2. The summed E-state index contributed by atoms with van der Waals surface area (Å²) in [6.07, 6.45) is -3.41. The van der Waals surface area contributed by atoms with E-state index in [0.29, 0.717) is 18.0 Å². The van der Waals surface area contributed by atoms with Crippen LogP contribution in [0.5, 0.6) is 5.75 Å². The van der Waals surface area contributed by atoms with Gasteiger partial charge < -0.3 is 20.1 Å². The number of rotatable bonds is 5. The maximum absolute atomic E-state index is 12.4. The van der Waals surface area contributed by atoms with Gasteiger partial charge in [0.25, 0.3) is 5.91 Å². The monoisotopic (exact) mass is 469 g/mol. The van der Waals surface area contributed by atoms with Crippen LogP contribution in [-0.2, 0) is 4.74 Å². The molecule has 12 heteroatoms. The van der Waals surface area contributed by atoms with Gasteiger partial charge in [-0.2, -0.15) is 0 Å². The number of alkyl halides is 3. The predicted molar refractivity (Wildman–Crippen MR) is 111 cm³/mol. The van der Waals surface area contributed by atoms with Crippen molar-refractivity contribution >= 4 is 24.0 Å². The van der Waals surface area contributed by atoms with E-state index in [0.717, 1.165) is 30.8 Å². The summed E-state index contributed by atoms with van der Waals surface area (Å²) in [4.78, 5) is 12.4. The van der Waals surface area contributed by atoms with Crippen LogP contribution in [0.4, 0.5) is 18.9 Å². The lowest BCUT2D eigenvalue weighted by molar-refractivity contribution is -0.274. The van der Waals surface area contributed by atoms with Gasteiger partial charge in [-0.3, -0.25) is 4.79 Å². The molecule has 0 saturated carbocycles. The number of carbonyl (C=O) groups is 1. The second kappa shape index (κ2) is 9.98. The van der Waals surface area contributed by atoms with E-state index in [2.05, 4.69) is 25.7 Å². The van der Waals surface area contributed by atoms with Crippen molar-refractivity contribution in [1.82, 2.24) is 20.3 Å². The number of amides is 1. The van der Waals surface area contributed by atoms with Crippen LogP contribution >= 0.6 is 12.4 Å². The fourth-order valence-corrected chi connectivity index (χ4v) is 3.05. The third-order valence-corrected chi connectivity index (χ3v) is 4.53. The molecule has 1 atom stereocenters. The van der Waals surface area contributed by atoms with Gasteiger partial charge in [0.05, 0.1) is 24.6 Å². The smallest absolute Gasteiger partial charge is 0.406 e. The van der Waals surface area contributed by atoms with E-state index in [1.165, 1.54) is 23.0 Å². The fourth-order valence-electron chi connectivity index (χ4n) is 3.05. The highest BCUT2D eigenvalue weighted by molar-refractivity contribution is 6.02. The fraction of sp³-hybridized carbons (Fsp3) is 0.250. The Balaban J connectivity index is 0.00000289. The molecule has 4 rings (SSSR count). The molecule has 170 valence electrons. The summed E-state index contributed by atoms with van der Waals surface area (Å²) in [6, 6.07) is 12.4. The Morgan fingerprint density at radius 2 is 1.88 bits per heavy atom. The molecule has 1 saturated heterocycles. The quantitative estimate of drug-likeness (QED) is 0.594. The first-order valence-electron chi connectivity index (χ1n) is 9.39. The van der Waals surface area contributed by atoms with Gasteiger partial charge in [-0.1, -0.05) is 17.3 Å². The summed E-state index contributed by atoms with van der Waals surface area (Å²) in [7, 11) is 0. The third kappa shape index (κ3) is 5.96. The first kappa shape index (κ1) is 23.5. The Hall–Kier alpha value is -3.15. The number of anilines is 1. The average molecular weight is 470 g/mol. The lowest BCUT2D eigenvalue weighted by Gasteiger charge is -2.24. The van der Waals surface area contributed by atoms with Crippen molar-refractivity contribution in [3.63, 3.8) is 0 Å². The van der Waals surface area contributed by atoms with Gasteiger partial charge in [0.1, 0.15) is 5.75 Å². The molecule has 1 aliphatic rings. The Bertz CT molecular complexity index is 1040. The summed E-state index contributed by atoms with van der Waals surface area (Å²) in [5, 5.41) is 13.7. The van der Waals surface area contributed by atoms with E-state index < -0.39 is 12.3 Å². The molecule has 2 N–H and O–H groups in total. The zero-order chi connectivity index (χ0) is 21.8. The molecule has 1 aromatic heterocycles. The predicted octanol–water partition coefficient (Wildman–Crippen LogP) is 3.50. The topological polar surface area (TPSA) is 90.3 Å². The number of aromatic nitrogens is 3. The van der Waals surface area contributed by atoms with Crippen LogP contribution in [0.3, 0.4) is 0 Å². The molecule has 0 bridgehead atoms. The summed E-state index contributed by atoms with van der Waals surface area (Å²) in [5.74, 6) is -0.821. The Morgan fingerprint density at radius 3 is 2.50 bits per heavy atom. The van der Waals surface area contributed by atoms with Gasteiger partial charge in [-0.05, 0) is 42.0 Å². The zero-order valence-corrected chi connectivity index (χ0v) is 17.3. The van der Waals surface area contributed by atoms with Crippen LogP contribution in [0.15, 0.2) is 54.7 Å². The van der Waals surface area contributed by atoms with Crippen LogP contribution < -0.4 is 15.4 Å². The highest BCUT2D eigenvalue weighted by atomic mass is 35.5. The molecule has 3 aromatic rings. The lowest BCUT2D eigenvalue weighted by atomic mass is 10.1. The molecule has 32 heavy (non-hydrogen) atoms. The molecule has 1 amide bonds. The van der Waals surface area contributed by atoms with Gasteiger partial charge >= 0.3 is 6.36 Å². The number of carbonyl (C=O) groups excluding carboxylic acids is 1. The molecule has 1 fully saturated rings. The van der Waals surface area contributed by atoms with Gasteiger partial charge in [0.2, 0.25) is 0 Å². The van der Waals surface area contributed by atoms with Crippen molar-refractivity contribution in [2.75, 3.05) is 25.0 Å². The SMILES string of the molecule is Cl.O=C(Nc1ccc(C2CNCCO2)cc1)c1cn(-c2ccc(OC(F)(F)F)cc2)nn1. The minimum absolute atomic E-state index is 0. The van der Waals surface area contributed by atoms with Gasteiger partial charge in [-0.15, -0.1) is 30.7 Å². The number of morpholine rings is 1. The molecular weight excluding hydrogens is 451 g/mol. The number of halogens is 4. The number of ether oxygens (including phenoxy) is 2. The van der Waals surface area contributed by atoms with Crippen molar-refractivity contribution in [3.8, 4) is 11.4 Å². The first-order chi connectivity index (χ1) is 14.9. The summed E-state index contributed by atoms with van der Waals surface area (Å²) >= 11 is 0. The zero-order valence-electron chi connectivity index (χ0n) is 16.5. The van der Waals surface area contributed by atoms with Crippen LogP contribution in [0.25, 0.3) is 5.69 Å². The number of hydrogen-bond acceptors (Lipinski definition) is 6. The van der Waals surface area contributed by atoms with E-state index in [1.807, 2.05) is 12.1 Å². The molecule has 0 aliphatic carbocycles. The van der Waals surface area contributed by atoms with Crippen LogP contribution in [0.2, 0.25) is 0 Å². The van der Waals surface area contributed by atoms with Crippen LogP contribution in [0.1, 0.15) is 22.2 Å². The summed E-state index contributed by atoms with van der Waals surface area (Å²) in [5.41, 5.74) is 2.07. The van der Waals surface area contributed by atoms with E-state index in [1.54, 1.807) is 12.1 Å². The Labute approximate surface area is 187 Å². The lowest BCUT2D eigenvalue weighted by Crippen LogP contribution is -2.33. The largest absolute Gasteiger partial charge is 0.573 e. The average Bonchev–Trinajstić information content (AvgIpc) is 3.25. The maximum Gasteiger partial charge on any atom is 0.573 e. The summed E-state index contributed by atoms with van der Waals surface area (Å²) < 4.78 is 47.6. The van der Waals surface area contributed by atoms with Gasteiger partial charge in [0, 0.05) is 18.8 Å². The highest BCUT2D eigenvalue weighted by Crippen LogP contribution is 2.24. The van der Waals surface area contributed by atoms with Gasteiger partial charge in [-0.25, -0.2) is 4.68 Å².